The van der Waals surface area contributed by atoms with Crippen LogP contribution in [0.1, 0.15) is 44.2 Å². The highest BCUT2D eigenvalue weighted by Crippen LogP contribution is 2.60. The van der Waals surface area contributed by atoms with Crippen LogP contribution in [0.3, 0.4) is 0 Å². The molecule has 0 saturated heterocycles. The molecule has 22 heavy (non-hydrogen) atoms. The molecule has 3 nitrogen and oxygen atoms in total. The molecule has 1 atom stereocenters. The van der Waals surface area contributed by atoms with Gasteiger partial charge in [-0.15, -0.1) is 0 Å². The van der Waals surface area contributed by atoms with Crippen LogP contribution in [0.5, 0.6) is 0 Å². The van der Waals surface area contributed by atoms with Gasteiger partial charge in [0.1, 0.15) is 5.82 Å². The molecule has 1 heterocycles. The predicted molar refractivity (Wildman–Crippen MR) is 89.7 cm³/mol. The van der Waals surface area contributed by atoms with Gasteiger partial charge in [0, 0.05) is 29.5 Å². The van der Waals surface area contributed by atoms with Crippen molar-refractivity contribution in [2.24, 2.45) is 5.92 Å². The third-order valence-corrected chi connectivity index (χ3v) is 5.62. The number of nitrogens with zero attached hydrogens (tertiary/aromatic N) is 3. The number of hydrogen-bond donors (Lipinski definition) is 0. The summed E-state index contributed by atoms with van der Waals surface area (Å²) >= 11 is 0. The van der Waals surface area contributed by atoms with Crippen molar-refractivity contribution in [3.8, 4) is 11.4 Å². The van der Waals surface area contributed by atoms with E-state index in [1.54, 1.807) is 0 Å². The normalized spacial score (nSPS) is 21.1. The maximum atomic E-state index is 4.70. The first-order valence-corrected chi connectivity index (χ1v) is 8.42. The van der Waals surface area contributed by atoms with Gasteiger partial charge in [0.05, 0.1) is 0 Å². The van der Waals surface area contributed by atoms with Gasteiger partial charge in [0.25, 0.3) is 0 Å². The lowest BCUT2D eigenvalue weighted by Crippen LogP contribution is -2.20. The second-order valence-electron chi connectivity index (χ2n) is 7.26. The van der Waals surface area contributed by atoms with E-state index in [4.69, 9.17) is 4.98 Å². The Morgan fingerprint density at radius 3 is 2.68 bits per heavy atom. The minimum absolute atomic E-state index is 0.398. The molecule has 0 amide bonds. The van der Waals surface area contributed by atoms with Crippen molar-refractivity contribution in [1.29, 1.82) is 0 Å². The Hall–Kier alpha value is -1.61. The van der Waals surface area contributed by atoms with Crippen LogP contribution in [-0.2, 0) is 5.54 Å². The number of imidazole rings is 1. The Kier molecular flexibility index (Phi) is 3.15. The molecular weight excluding hydrogens is 270 g/mol. The van der Waals surface area contributed by atoms with Crippen molar-refractivity contribution in [2.75, 3.05) is 14.1 Å². The molecule has 2 aliphatic carbocycles. The highest BCUT2D eigenvalue weighted by Gasteiger charge is 2.55. The molecule has 1 aromatic carbocycles. The van der Waals surface area contributed by atoms with Crippen LogP contribution in [0, 0.1) is 5.92 Å². The summed E-state index contributed by atoms with van der Waals surface area (Å²) in [6, 6.07) is 9.32. The van der Waals surface area contributed by atoms with Crippen LogP contribution in [-0.4, -0.2) is 28.5 Å². The Bertz CT molecular complexity index is 677. The second-order valence-corrected chi connectivity index (χ2v) is 7.26. The van der Waals surface area contributed by atoms with Gasteiger partial charge in [0.2, 0.25) is 0 Å². The van der Waals surface area contributed by atoms with E-state index in [2.05, 4.69) is 60.9 Å². The van der Waals surface area contributed by atoms with Gasteiger partial charge in [-0.3, -0.25) is 0 Å². The molecule has 3 heteroatoms. The number of aromatic nitrogens is 2. The van der Waals surface area contributed by atoms with Crippen molar-refractivity contribution in [3.05, 3.63) is 42.2 Å². The van der Waals surface area contributed by atoms with Gasteiger partial charge >= 0.3 is 0 Å². The molecule has 0 bridgehead atoms. The zero-order valence-electron chi connectivity index (χ0n) is 13.8. The summed E-state index contributed by atoms with van der Waals surface area (Å²) in [5.41, 5.74) is 3.01. The quantitative estimate of drug-likeness (QED) is 0.829. The minimum Gasteiger partial charge on any atom is -0.325 e. The Balaban J connectivity index is 1.71. The maximum absolute atomic E-state index is 4.70. The summed E-state index contributed by atoms with van der Waals surface area (Å²) in [6.45, 7) is 2.25. The number of benzene rings is 1. The monoisotopic (exact) mass is 295 g/mol. The van der Waals surface area contributed by atoms with Crippen LogP contribution >= 0.6 is 0 Å². The van der Waals surface area contributed by atoms with Crippen LogP contribution in [0.15, 0.2) is 36.7 Å². The van der Waals surface area contributed by atoms with Gasteiger partial charge in [-0.25, -0.2) is 4.98 Å². The number of hydrogen-bond acceptors (Lipinski definition) is 2. The molecule has 2 fully saturated rings. The van der Waals surface area contributed by atoms with E-state index in [0.29, 0.717) is 11.6 Å². The lowest BCUT2D eigenvalue weighted by molar-refractivity contribution is 0.321. The van der Waals surface area contributed by atoms with Crippen molar-refractivity contribution in [2.45, 2.75) is 44.2 Å². The first-order valence-electron chi connectivity index (χ1n) is 8.42. The van der Waals surface area contributed by atoms with E-state index >= 15 is 0 Å². The Morgan fingerprint density at radius 1 is 1.27 bits per heavy atom. The second kappa shape index (κ2) is 4.95. The Labute approximate surface area is 133 Å². The molecule has 1 aromatic heterocycles. The van der Waals surface area contributed by atoms with Crippen LogP contribution in [0.4, 0.5) is 0 Å². The van der Waals surface area contributed by atoms with Crippen molar-refractivity contribution in [3.63, 3.8) is 0 Å². The molecule has 116 valence electrons. The SMILES string of the molecule is CC(c1cccc(-c2nccn2C2(C3CC3)CC2)c1)N(C)C. The Morgan fingerprint density at radius 2 is 2.05 bits per heavy atom. The predicted octanol–water partition coefficient (Wildman–Crippen LogP) is 4.07. The van der Waals surface area contributed by atoms with Gasteiger partial charge in [-0.2, -0.15) is 0 Å². The molecule has 0 aliphatic heterocycles. The summed E-state index contributed by atoms with van der Waals surface area (Å²) in [5, 5.41) is 0. The third-order valence-electron chi connectivity index (χ3n) is 5.62. The van der Waals surface area contributed by atoms with Crippen molar-refractivity contribution >= 4 is 0 Å². The molecule has 2 aromatic rings. The first kappa shape index (κ1) is 14.0. The summed E-state index contributed by atoms with van der Waals surface area (Å²) < 4.78 is 2.48. The zero-order valence-corrected chi connectivity index (χ0v) is 13.8. The van der Waals surface area contributed by atoms with Crippen molar-refractivity contribution in [1.82, 2.24) is 14.5 Å². The highest BCUT2D eigenvalue weighted by atomic mass is 15.2. The lowest BCUT2D eigenvalue weighted by Gasteiger charge is -2.22. The molecule has 2 aliphatic rings. The van der Waals surface area contributed by atoms with E-state index in [9.17, 15) is 0 Å². The first-order chi connectivity index (χ1) is 10.6. The van der Waals surface area contributed by atoms with Gasteiger partial charge < -0.3 is 9.47 Å². The fourth-order valence-corrected chi connectivity index (χ4v) is 3.71. The smallest absolute Gasteiger partial charge is 0.140 e. The highest BCUT2D eigenvalue weighted by molar-refractivity contribution is 5.58. The van der Waals surface area contributed by atoms with Crippen LogP contribution in [0.25, 0.3) is 11.4 Å². The van der Waals surface area contributed by atoms with Gasteiger partial charge in [0.15, 0.2) is 0 Å². The fraction of sp³-hybridized carbons (Fsp3) is 0.526. The molecule has 0 radical (unpaired) electrons. The largest absolute Gasteiger partial charge is 0.325 e. The van der Waals surface area contributed by atoms with Crippen molar-refractivity contribution < 1.29 is 0 Å². The van der Waals surface area contributed by atoms with E-state index in [1.165, 1.54) is 36.8 Å². The van der Waals surface area contributed by atoms with E-state index < -0.39 is 0 Å². The molecule has 1 unspecified atom stereocenters. The molecule has 0 N–H and O–H groups in total. The average Bonchev–Trinajstić information content (AvgIpc) is 3.44. The zero-order chi connectivity index (χ0) is 15.3. The maximum Gasteiger partial charge on any atom is 0.140 e. The standard InChI is InChI=1S/C19H25N3/c1-14(21(2)3)15-5-4-6-16(13-15)18-20-11-12-22(18)19(9-10-19)17-7-8-17/h4-6,11-14,17H,7-10H2,1-3H3. The summed E-state index contributed by atoms with van der Waals surface area (Å²) in [4.78, 5) is 6.95. The molecule has 2 saturated carbocycles. The van der Waals surface area contributed by atoms with Gasteiger partial charge in [-0.05, 0) is 64.3 Å². The van der Waals surface area contributed by atoms with E-state index in [-0.39, 0.29) is 0 Å². The van der Waals surface area contributed by atoms with E-state index in [0.717, 1.165) is 11.7 Å². The van der Waals surface area contributed by atoms with Crippen LogP contribution < -0.4 is 0 Å². The topological polar surface area (TPSA) is 21.1 Å². The average molecular weight is 295 g/mol. The van der Waals surface area contributed by atoms with E-state index in [1.807, 2.05) is 6.20 Å². The summed E-state index contributed by atoms with van der Waals surface area (Å²) in [7, 11) is 4.26. The third kappa shape index (κ3) is 2.19. The molecular formula is C19H25N3. The summed E-state index contributed by atoms with van der Waals surface area (Å²) in [6.07, 6.45) is 9.62. The molecule has 0 spiro atoms. The minimum atomic E-state index is 0.398. The summed E-state index contributed by atoms with van der Waals surface area (Å²) in [5.74, 6) is 2.04. The fourth-order valence-electron chi connectivity index (χ4n) is 3.71. The lowest BCUT2D eigenvalue weighted by atomic mass is 10.0. The number of rotatable bonds is 5. The molecule has 4 rings (SSSR count). The van der Waals surface area contributed by atoms with Crippen LogP contribution in [0.2, 0.25) is 0 Å². The van der Waals surface area contributed by atoms with Gasteiger partial charge in [-0.1, -0.05) is 18.2 Å².